The quantitative estimate of drug-likeness (QED) is 0.706. The van der Waals surface area contributed by atoms with Gasteiger partial charge < -0.3 is 4.74 Å². The summed E-state index contributed by atoms with van der Waals surface area (Å²) in [6, 6.07) is 1.50. The van der Waals surface area contributed by atoms with Gasteiger partial charge in [0.15, 0.2) is 0 Å². The van der Waals surface area contributed by atoms with Gasteiger partial charge in [0, 0.05) is 31.6 Å². The smallest absolute Gasteiger partial charge is 0.0586 e. The summed E-state index contributed by atoms with van der Waals surface area (Å²) in [5, 5.41) is 0. The van der Waals surface area contributed by atoms with Gasteiger partial charge in [0.05, 0.1) is 6.10 Å². The molecule has 2 unspecified atom stereocenters. The van der Waals surface area contributed by atoms with Crippen molar-refractivity contribution in [1.29, 1.82) is 0 Å². The Labute approximate surface area is 117 Å². The van der Waals surface area contributed by atoms with Crippen molar-refractivity contribution in [3.63, 3.8) is 0 Å². The molecule has 2 nitrogen and oxygen atoms in total. The minimum Gasteiger partial charge on any atom is -0.381 e. The molecule has 0 aromatic rings. The summed E-state index contributed by atoms with van der Waals surface area (Å²) in [5.74, 6) is 0.769. The number of halogens is 1. The maximum absolute atomic E-state index is 6.03. The fraction of sp³-hybridized carbons (Fsp3) is 1.00. The first-order chi connectivity index (χ1) is 8.85. The van der Waals surface area contributed by atoms with E-state index in [1.807, 2.05) is 7.11 Å². The van der Waals surface area contributed by atoms with Crippen LogP contribution in [0, 0.1) is 0 Å². The highest BCUT2D eigenvalue weighted by Gasteiger charge is 2.31. The molecule has 2 rings (SSSR count). The molecule has 0 aliphatic heterocycles. The third-order valence-electron chi connectivity index (χ3n) is 4.79. The summed E-state index contributed by atoms with van der Waals surface area (Å²) < 4.78 is 5.58. The summed E-state index contributed by atoms with van der Waals surface area (Å²) in [7, 11) is 1.86. The van der Waals surface area contributed by atoms with Gasteiger partial charge in [-0.15, -0.1) is 11.6 Å². The SMILES string of the molecule is COC1CCCC(N(CCCl)C2CCCCC2)C1. The number of alkyl halides is 1. The molecule has 2 fully saturated rings. The third-order valence-corrected chi connectivity index (χ3v) is 4.96. The molecule has 3 heteroatoms. The van der Waals surface area contributed by atoms with E-state index < -0.39 is 0 Å². The van der Waals surface area contributed by atoms with Crippen molar-refractivity contribution < 1.29 is 4.74 Å². The van der Waals surface area contributed by atoms with Gasteiger partial charge in [-0.25, -0.2) is 0 Å². The Morgan fingerprint density at radius 2 is 1.72 bits per heavy atom. The van der Waals surface area contributed by atoms with Crippen molar-refractivity contribution in [2.45, 2.75) is 76.0 Å². The number of ether oxygens (including phenoxy) is 1. The molecule has 2 saturated carbocycles. The van der Waals surface area contributed by atoms with Crippen molar-refractivity contribution in [2.24, 2.45) is 0 Å². The van der Waals surface area contributed by atoms with Crippen LogP contribution in [0.4, 0.5) is 0 Å². The summed E-state index contributed by atoms with van der Waals surface area (Å²) in [6.07, 6.45) is 12.6. The van der Waals surface area contributed by atoms with Crippen molar-refractivity contribution in [3.05, 3.63) is 0 Å². The van der Waals surface area contributed by atoms with Crippen molar-refractivity contribution in [2.75, 3.05) is 19.5 Å². The van der Waals surface area contributed by atoms with Crippen LogP contribution >= 0.6 is 11.6 Å². The van der Waals surface area contributed by atoms with Gasteiger partial charge >= 0.3 is 0 Å². The minimum absolute atomic E-state index is 0.477. The van der Waals surface area contributed by atoms with Gasteiger partial charge in [-0.3, -0.25) is 4.90 Å². The van der Waals surface area contributed by atoms with Crippen LogP contribution in [0.15, 0.2) is 0 Å². The lowest BCUT2D eigenvalue weighted by molar-refractivity contribution is 0.0102. The van der Waals surface area contributed by atoms with Crippen LogP contribution in [0.5, 0.6) is 0 Å². The van der Waals surface area contributed by atoms with E-state index in [-0.39, 0.29) is 0 Å². The number of hydrogen-bond donors (Lipinski definition) is 0. The Morgan fingerprint density at radius 1 is 1.00 bits per heavy atom. The number of rotatable bonds is 5. The lowest BCUT2D eigenvalue weighted by Crippen LogP contribution is -2.48. The summed E-state index contributed by atoms with van der Waals surface area (Å²) >= 11 is 6.03. The zero-order chi connectivity index (χ0) is 12.8. The molecule has 0 N–H and O–H groups in total. The van der Waals surface area contributed by atoms with E-state index in [1.54, 1.807) is 0 Å². The standard InChI is InChI=1S/C15H28ClNO/c1-18-15-9-5-8-14(12-15)17(11-10-16)13-6-3-2-4-7-13/h13-15H,2-12H2,1H3. The normalized spacial score (nSPS) is 30.8. The first-order valence-electron chi connectivity index (χ1n) is 7.69. The van der Waals surface area contributed by atoms with Gasteiger partial charge in [-0.2, -0.15) is 0 Å². The molecular weight excluding hydrogens is 246 g/mol. The fourth-order valence-corrected chi connectivity index (χ4v) is 4.00. The van der Waals surface area contributed by atoms with Crippen LogP contribution in [0.2, 0.25) is 0 Å². The van der Waals surface area contributed by atoms with E-state index in [0.29, 0.717) is 12.1 Å². The summed E-state index contributed by atoms with van der Waals surface area (Å²) in [5.41, 5.74) is 0. The Bertz CT molecular complexity index is 231. The van der Waals surface area contributed by atoms with Crippen LogP contribution < -0.4 is 0 Å². The van der Waals surface area contributed by atoms with Crippen LogP contribution in [-0.2, 0) is 4.74 Å². The highest BCUT2D eigenvalue weighted by atomic mass is 35.5. The van der Waals surface area contributed by atoms with Crippen LogP contribution in [0.25, 0.3) is 0 Å². The predicted molar refractivity (Wildman–Crippen MR) is 77.4 cm³/mol. The van der Waals surface area contributed by atoms with Crippen molar-refractivity contribution in [1.82, 2.24) is 4.90 Å². The zero-order valence-electron chi connectivity index (χ0n) is 11.7. The van der Waals surface area contributed by atoms with E-state index in [2.05, 4.69) is 4.90 Å². The van der Waals surface area contributed by atoms with Crippen LogP contribution in [-0.4, -0.2) is 42.6 Å². The summed E-state index contributed by atoms with van der Waals surface area (Å²) in [6.45, 7) is 1.06. The molecule has 0 aromatic carbocycles. The fourth-order valence-electron chi connectivity index (χ4n) is 3.81. The molecule has 0 radical (unpaired) electrons. The number of hydrogen-bond acceptors (Lipinski definition) is 2. The average molecular weight is 274 g/mol. The molecule has 2 aliphatic carbocycles. The maximum atomic E-state index is 6.03. The Morgan fingerprint density at radius 3 is 2.39 bits per heavy atom. The zero-order valence-corrected chi connectivity index (χ0v) is 12.5. The van der Waals surface area contributed by atoms with Gasteiger partial charge in [0.1, 0.15) is 0 Å². The largest absolute Gasteiger partial charge is 0.381 e. The second-order valence-electron chi connectivity index (χ2n) is 5.90. The lowest BCUT2D eigenvalue weighted by Gasteiger charge is -2.43. The molecule has 0 saturated heterocycles. The molecular formula is C15H28ClNO. The van der Waals surface area contributed by atoms with Gasteiger partial charge in [0.25, 0.3) is 0 Å². The number of nitrogens with zero attached hydrogens (tertiary/aromatic N) is 1. The molecule has 0 bridgehead atoms. The van der Waals surface area contributed by atoms with Crippen molar-refractivity contribution in [3.8, 4) is 0 Å². The summed E-state index contributed by atoms with van der Waals surface area (Å²) in [4.78, 5) is 2.72. The van der Waals surface area contributed by atoms with E-state index in [1.165, 1.54) is 57.8 Å². The molecule has 18 heavy (non-hydrogen) atoms. The van der Waals surface area contributed by atoms with Gasteiger partial charge in [-0.1, -0.05) is 19.3 Å². The van der Waals surface area contributed by atoms with E-state index in [9.17, 15) is 0 Å². The highest BCUT2D eigenvalue weighted by molar-refractivity contribution is 6.18. The van der Waals surface area contributed by atoms with E-state index in [4.69, 9.17) is 16.3 Å². The monoisotopic (exact) mass is 273 g/mol. The Hall–Kier alpha value is 0.210. The molecule has 106 valence electrons. The first kappa shape index (κ1) is 14.6. The third kappa shape index (κ3) is 3.85. The molecule has 0 amide bonds. The predicted octanol–water partition coefficient (Wildman–Crippen LogP) is 3.82. The van der Waals surface area contributed by atoms with Gasteiger partial charge in [0.2, 0.25) is 0 Å². The van der Waals surface area contributed by atoms with Gasteiger partial charge in [-0.05, 0) is 38.5 Å². The maximum Gasteiger partial charge on any atom is 0.0586 e. The number of methoxy groups -OCH3 is 1. The highest BCUT2D eigenvalue weighted by Crippen LogP contribution is 2.30. The second kappa shape index (κ2) is 7.72. The molecule has 2 aliphatic rings. The Balaban J connectivity index is 1.94. The van der Waals surface area contributed by atoms with Crippen LogP contribution in [0.3, 0.4) is 0 Å². The topological polar surface area (TPSA) is 12.5 Å². The lowest BCUT2D eigenvalue weighted by atomic mass is 9.87. The second-order valence-corrected chi connectivity index (χ2v) is 6.27. The van der Waals surface area contributed by atoms with E-state index >= 15 is 0 Å². The Kier molecular flexibility index (Phi) is 6.26. The van der Waals surface area contributed by atoms with Crippen molar-refractivity contribution >= 4 is 11.6 Å². The molecule has 2 atom stereocenters. The molecule has 0 heterocycles. The molecule has 0 aromatic heterocycles. The minimum atomic E-state index is 0.477. The average Bonchev–Trinajstić information content (AvgIpc) is 2.46. The van der Waals surface area contributed by atoms with Crippen LogP contribution in [0.1, 0.15) is 57.8 Å². The van der Waals surface area contributed by atoms with E-state index in [0.717, 1.165) is 18.5 Å². The molecule has 0 spiro atoms. The first-order valence-corrected chi connectivity index (χ1v) is 8.23.